The lowest BCUT2D eigenvalue weighted by atomic mass is 10.1. The summed E-state index contributed by atoms with van der Waals surface area (Å²) in [4.78, 5) is 12.7. The maximum Gasteiger partial charge on any atom is 0.349 e. The fraction of sp³-hybridized carbons (Fsp3) is 0.667. The molecule has 2 rings (SSSR count). The average molecular weight is 282 g/mol. The van der Waals surface area contributed by atoms with Crippen LogP contribution in [0.15, 0.2) is 6.07 Å². The van der Waals surface area contributed by atoms with E-state index in [1.54, 1.807) is 0 Å². The van der Waals surface area contributed by atoms with Gasteiger partial charge in [-0.2, -0.15) is 0 Å². The van der Waals surface area contributed by atoms with Crippen molar-refractivity contribution < 1.29 is 14.6 Å². The predicted octanol–water partition coefficient (Wildman–Crippen LogP) is 4.67. The molecule has 0 aromatic carbocycles. The molecular formula is C15H22O3S. The van der Waals surface area contributed by atoms with Gasteiger partial charge in [-0.1, -0.05) is 26.7 Å². The summed E-state index contributed by atoms with van der Waals surface area (Å²) in [6.07, 6.45) is 7.20. The number of carboxylic acid groups (broad SMARTS) is 1. The number of carbonyl (C=O) groups is 1. The van der Waals surface area contributed by atoms with Gasteiger partial charge in [0.1, 0.15) is 5.75 Å². The van der Waals surface area contributed by atoms with E-state index in [1.807, 2.05) is 6.07 Å². The second-order valence-corrected chi connectivity index (χ2v) is 6.62. The van der Waals surface area contributed by atoms with Crippen LogP contribution in [0, 0.1) is 0 Å². The third-order valence-corrected chi connectivity index (χ3v) is 4.98. The van der Waals surface area contributed by atoms with Gasteiger partial charge >= 0.3 is 5.97 Å². The maximum atomic E-state index is 11.3. The van der Waals surface area contributed by atoms with Crippen LogP contribution in [0.25, 0.3) is 0 Å². The maximum absolute atomic E-state index is 11.3. The Morgan fingerprint density at radius 2 is 1.95 bits per heavy atom. The largest absolute Gasteiger partial charge is 0.489 e. The highest BCUT2D eigenvalue weighted by Crippen LogP contribution is 2.35. The molecule has 1 aromatic rings. The third kappa shape index (κ3) is 3.72. The lowest BCUT2D eigenvalue weighted by Gasteiger charge is -2.16. The van der Waals surface area contributed by atoms with E-state index in [2.05, 4.69) is 13.8 Å². The van der Waals surface area contributed by atoms with Gasteiger partial charge in [-0.25, -0.2) is 4.79 Å². The number of ether oxygens (including phenoxy) is 1. The molecule has 106 valence electrons. The zero-order chi connectivity index (χ0) is 13.8. The molecule has 1 aromatic heterocycles. The van der Waals surface area contributed by atoms with Crippen molar-refractivity contribution in [2.24, 2.45) is 0 Å². The van der Waals surface area contributed by atoms with Crippen molar-refractivity contribution in [2.45, 2.75) is 64.4 Å². The summed E-state index contributed by atoms with van der Waals surface area (Å²) in [5, 5.41) is 9.28. The van der Waals surface area contributed by atoms with Crippen molar-refractivity contribution in [1.82, 2.24) is 0 Å². The second-order valence-electron chi connectivity index (χ2n) is 5.53. The highest BCUT2D eigenvalue weighted by Gasteiger charge is 2.22. The Bertz CT molecular complexity index is 429. The predicted molar refractivity (Wildman–Crippen MR) is 77.5 cm³/mol. The van der Waals surface area contributed by atoms with E-state index in [-0.39, 0.29) is 6.10 Å². The van der Waals surface area contributed by atoms with Crippen molar-refractivity contribution >= 4 is 17.3 Å². The summed E-state index contributed by atoms with van der Waals surface area (Å²) >= 11 is 1.34. The molecule has 0 bridgehead atoms. The zero-order valence-electron chi connectivity index (χ0n) is 11.6. The minimum Gasteiger partial charge on any atom is -0.489 e. The Kier molecular flexibility index (Phi) is 4.86. The Labute approximate surface area is 118 Å². The Balaban J connectivity index is 2.15. The van der Waals surface area contributed by atoms with E-state index >= 15 is 0 Å². The summed E-state index contributed by atoms with van der Waals surface area (Å²) in [6, 6.07) is 1.92. The first-order chi connectivity index (χ1) is 9.08. The number of hydrogen-bond acceptors (Lipinski definition) is 3. The van der Waals surface area contributed by atoms with Gasteiger partial charge in [0.25, 0.3) is 0 Å². The molecule has 1 aliphatic carbocycles. The summed E-state index contributed by atoms with van der Waals surface area (Å²) in [7, 11) is 0. The smallest absolute Gasteiger partial charge is 0.349 e. The van der Waals surface area contributed by atoms with Crippen molar-refractivity contribution in [1.29, 1.82) is 0 Å². The second kappa shape index (κ2) is 6.42. The summed E-state index contributed by atoms with van der Waals surface area (Å²) in [5.41, 5.74) is 0. The van der Waals surface area contributed by atoms with Crippen LogP contribution in [0.4, 0.5) is 0 Å². The van der Waals surface area contributed by atoms with Crippen LogP contribution >= 0.6 is 11.3 Å². The van der Waals surface area contributed by atoms with Gasteiger partial charge in [-0.15, -0.1) is 11.3 Å². The number of thiophene rings is 1. The third-order valence-electron chi connectivity index (χ3n) is 3.58. The number of aromatic carboxylic acids is 1. The molecule has 0 amide bonds. The highest BCUT2D eigenvalue weighted by molar-refractivity contribution is 7.14. The highest BCUT2D eigenvalue weighted by atomic mass is 32.1. The average Bonchev–Trinajstić information content (AvgIpc) is 2.60. The van der Waals surface area contributed by atoms with E-state index < -0.39 is 5.97 Å². The number of hydrogen-bond donors (Lipinski definition) is 1. The van der Waals surface area contributed by atoms with E-state index in [9.17, 15) is 9.90 Å². The van der Waals surface area contributed by atoms with Crippen molar-refractivity contribution in [3.63, 3.8) is 0 Å². The minimum atomic E-state index is -0.875. The van der Waals surface area contributed by atoms with Crippen LogP contribution in [-0.4, -0.2) is 17.2 Å². The Morgan fingerprint density at radius 3 is 2.47 bits per heavy atom. The van der Waals surface area contributed by atoms with Gasteiger partial charge in [-0.3, -0.25) is 0 Å². The summed E-state index contributed by atoms with van der Waals surface area (Å²) in [5.74, 6) is 0.0446. The van der Waals surface area contributed by atoms with E-state index in [0.717, 1.165) is 17.7 Å². The summed E-state index contributed by atoms with van der Waals surface area (Å²) < 4.78 is 5.99. The number of rotatable bonds is 4. The van der Waals surface area contributed by atoms with Gasteiger partial charge in [0, 0.05) is 4.88 Å². The molecule has 19 heavy (non-hydrogen) atoms. The lowest BCUT2D eigenvalue weighted by Crippen LogP contribution is -2.16. The lowest BCUT2D eigenvalue weighted by molar-refractivity contribution is 0.0694. The molecule has 0 saturated heterocycles. The van der Waals surface area contributed by atoms with Crippen LogP contribution < -0.4 is 4.74 Å². The van der Waals surface area contributed by atoms with Crippen LogP contribution in [0.2, 0.25) is 0 Å². The van der Waals surface area contributed by atoms with Gasteiger partial charge in [-0.05, 0) is 37.7 Å². The van der Waals surface area contributed by atoms with Crippen LogP contribution in [0.5, 0.6) is 5.75 Å². The first-order valence-corrected chi connectivity index (χ1v) is 7.93. The molecule has 0 unspecified atom stereocenters. The standard InChI is InChI=1S/C15H22O3S/c1-10(2)13-9-12(14(19-13)15(16)17)18-11-7-5-3-4-6-8-11/h9-11H,3-8H2,1-2H3,(H,16,17). The normalized spacial score (nSPS) is 17.4. The molecule has 0 spiro atoms. The quantitative estimate of drug-likeness (QED) is 0.816. The molecule has 4 heteroatoms. The first-order valence-electron chi connectivity index (χ1n) is 7.11. The van der Waals surface area contributed by atoms with Gasteiger partial charge in [0.05, 0.1) is 6.10 Å². The van der Waals surface area contributed by atoms with E-state index in [4.69, 9.17) is 4.74 Å². The molecular weight excluding hydrogens is 260 g/mol. The monoisotopic (exact) mass is 282 g/mol. The van der Waals surface area contributed by atoms with Crippen molar-refractivity contribution in [2.75, 3.05) is 0 Å². The molecule has 1 N–H and O–H groups in total. The van der Waals surface area contributed by atoms with Gasteiger partial charge < -0.3 is 9.84 Å². The fourth-order valence-corrected chi connectivity index (χ4v) is 3.39. The molecule has 1 heterocycles. The molecule has 0 atom stereocenters. The van der Waals surface area contributed by atoms with Gasteiger partial charge in [0.15, 0.2) is 4.88 Å². The first kappa shape index (κ1) is 14.4. The Hall–Kier alpha value is -1.03. The van der Waals surface area contributed by atoms with Crippen LogP contribution in [0.3, 0.4) is 0 Å². The SMILES string of the molecule is CC(C)c1cc(OC2CCCCCC2)c(C(=O)O)s1. The minimum absolute atomic E-state index is 0.190. The number of carboxylic acids is 1. The van der Waals surface area contributed by atoms with Crippen molar-refractivity contribution in [3.8, 4) is 5.75 Å². The molecule has 0 aliphatic heterocycles. The molecule has 1 fully saturated rings. The molecule has 3 nitrogen and oxygen atoms in total. The zero-order valence-corrected chi connectivity index (χ0v) is 12.5. The summed E-state index contributed by atoms with van der Waals surface area (Å²) in [6.45, 7) is 4.15. The molecule has 0 radical (unpaired) electrons. The topological polar surface area (TPSA) is 46.5 Å². The van der Waals surface area contributed by atoms with E-state index in [0.29, 0.717) is 16.5 Å². The van der Waals surface area contributed by atoms with Crippen LogP contribution in [0.1, 0.15) is 72.8 Å². The fourth-order valence-electron chi connectivity index (χ4n) is 2.45. The van der Waals surface area contributed by atoms with E-state index in [1.165, 1.54) is 37.0 Å². The van der Waals surface area contributed by atoms with Crippen LogP contribution in [-0.2, 0) is 0 Å². The molecule has 1 saturated carbocycles. The Morgan fingerprint density at radius 1 is 1.32 bits per heavy atom. The van der Waals surface area contributed by atoms with Gasteiger partial charge in [0.2, 0.25) is 0 Å². The molecule has 1 aliphatic rings. The van der Waals surface area contributed by atoms with Crippen molar-refractivity contribution in [3.05, 3.63) is 15.8 Å².